The number of nitrogens with zero attached hydrogens (tertiary/aromatic N) is 5. The molecule has 0 saturated heterocycles. The molecule has 5 rings (SSSR count). The Bertz CT molecular complexity index is 1190. The van der Waals surface area contributed by atoms with Crippen molar-refractivity contribution < 1.29 is 0 Å². The van der Waals surface area contributed by atoms with Crippen LogP contribution in [-0.2, 0) is 19.2 Å². The summed E-state index contributed by atoms with van der Waals surface area (Å²) in [7, 11) is 1.78. The Kier molecular flexibility index (Phi) is 4.52. The fraction of sp³-hybridized carbons (Fsp3) is 0.300. The average Bonchev–Trinajstić information content (AvgIpc) is 3.26. The third kappa shape index (κ3) is 3.27. The highest BCUT2D eigenvalue weighted by Gasteiger charge is 2.29. The number of rotatable bonds is 6. The van der Waals surface area contributed by atoms with Crippen molar-refractivity contribution in [1.82, 2.24) is 24.3 Å². The zero-order chi connectivity index (χ0) is 19.1. The molecule has 1 aliphatic carbocycles. The summed E-state index contributed by atoms with van der Waals surface area (Å²) in [5.41, 5.74) is 0.728. The lowest BCUT2D eigenvalue weighted by Gasteiger charge is -2.10. The molecule has 0 spiro atoms. The van der Waals surface area contributed by atoms with Gasteiger partial charge in [-0.25, -0.2) is 4.98 Å². The van der Waals surface area contributed by atoms with E-state index in [-0.39, 0.29) is 5.56 Å². The first-order valence-electron chi connectivity index (χ1n) is 9.24. The number of thioether (sulfide) groups is 1. The third-order valence-electron chi connectivity index (χ3n) is 4.97. The van der Waals surface area contributed by atoms with Crippen LogP contribution in [0.2, 0.25) is 0 Å². The van der Waals surface area contributed by atoms with E-state index in [2.05, 4.69) is 32.3 Å². The van der Waals surface area contributed by atoms with E-state index in [0.29, 0.717) is 17.2 Å². The Hall–Kier alpha value is -2.45. The molecule has 0 radical (unpaired) electrons. The smallest absolute Gasteiger partial charge is 0.261 e. The SMILES string of the molecule is Cn1c(CSc2nnc(Cc3cccs3)n2C2CC2)nc2ccccc2c1=O. The zero-order valence-electron chi connectivity index (χ0n) is 15.4. The fourth-order valence-corrected chi connectivity index (χ4v) is 5.03. The topological polar surface area (TPSA) is 65.6 Å². The number of hydrogen-bond donors (Lipinski definition) is 0. The van der Waals surface area contributed by atoms with Crippen LogP contribution in [0.25, 0.3) is 10.9 Å². The predicted octanol–water partition coefficient (Wildman–Crippen LogP) is 3.80. The molecule has 1 aliphatic rings. The summed E-state index contributed by atoms with van der Waals surface area (Å²) >= 11 is 3.35. The Balaban J connectivity index is 1.43. The summed E-state index contributed by atoms with van der Waals surface area (Å²) in [5.74, 6) is 2.35. The van der Waals surface area contributed by atoms with E-state index in [1.54, 1.807) is 34.7 Å². The highest BCUT2D eigenvalue weighted by molar-refractivity contribution is 7.98. The average molecular weight is 410 g/mol. The highest BCUT2D eigenvalue weighted by atomic mass is 32.2. The number of hydrogen-bond acceptors (Lipinski definition) is 6. The second-order valence-corrected chi connectivity index (χ2v) is 8.93. The second-order valence-electron chi connectivity index (χ2n) is 6.95. The molecule has 0 atom stereocenters. The zero-order valence-corrected chi connectivity index (χ0v) is 17.0. The van der Waals surface area contributed by atoms with Crippen molar-refractivity contribution in [2.45, 2.75) is 36.2 Å². The van der Waals surface area contributed by atoms with E-state index in [9.17, 15) is 4.79 Å². The van der Waals surface area contributed by atoms with Crippen molar-refractivity contribution >= 4 is 34.0 Å². The Morgan fingerprint density at radius 1 is 1.14 bits per heavy atom. The number of benzene rings is 1. The molecule has 1 saturated carbocycles. The summed E-state index contributed by atoms with van der Waals surface area (Å²) in [4.78, 5) is 18.6. The van der Waals surface area contributed by atoms with E-state index in [1.165, 1.54) is 17.7 Å². The molecular formula is C20H19N5OS2. The first-order valence-corrected chi connectivity index (χ1v) is 11.1. The number of para-hydroxylation sites is 1. The number of fused-ring (bicyclic) bond motifs is 1. The van der Waals surface area contributed by atoms with Gasteiger partial charge in [0.2, 0.25) is 0 Å². The molecule has 28 heavy (non-hydrogen) atoms. The van der Waals surface area contributed by atoms with Gasteiger partial charge < -0.3 is 4.57 Å². The molecule has 0 amide bonds. The molecule has 1 aromatic carbocycles. The van der Waals surface area contributed by atoms with Gasteiger partial charge in [-0.15, -0.1) is 21.5 Å². The van der Waals surface area contributed by atoms with Crippen LogP contribution in [0.4, 0.5) is 0 Å². The van der Waals surface area contributed by atoms with Gasteiger partial charge in [0.15, 0.2) is 5.16 Å². The van der Waals surface area contributed by atoms with Crippen molar-refractivity contribution in [2.24, 2.45) is 7.05 Å². The lowest BCUT2D eigenvalue weighted by Crippen LogP contribution is -2.22. The number of thiophene rings is 1. The van der Waals surface area contributed by atoms with Gasteiger partial charge in [-0.1, -0.05) is 30.0 Å². The van der Waals surface area contributed by atoms with Crippen LogP contribution >= 0.6 is 23.1 Å². The standard InChI is InChI=1S/C20H19N5OS2/c1-24-18(21-16-7-3-2-6-15(16)19(24)26)12-28-20-23-22-17(25(20)13-8-9-13)11-14-5-4-10-27-14/h2-7,10,13H,8-9,11-12H2,1H3. The summed E-state index contributed by atoms with van der Waals surface area (Å²) in [6, 6.07) is 12.2. The Labute approximate surface area is 170 Å². The van der Waals surface area contributed by atoms with Crippen molar-refractivity contribution in [1.29, 1.82) is 0 Å². The minimum Gasteiger partial charge on any atom is -0.303 e. The van der Waals surface area contributed by atoms with Gasteiger partial charge in [-0.3, -0.25) is 9.36 Å². The van der Waals surface area contributed by atoms with Crippen LogP contribution in [0.15, 0.2) is 51.7 Å². The Morgan fingerprint density at radius 2 is 2.00 bits per heavy atom. The molecule has 0 aliphatic heterocycles. The van der Waals surface area contributed by atoms with Crippen LogP contribution < -0.4 is 5.56 Å². The summed E-state index contributed by atoms with van der Waals surface area (Å²) in [6.07, 6.45) is 3.17. The maximum absolute atomic E-state index is 12.6. The highest BCUT2D eigenvalue weighted by Crippen LogP contribution is 2.39. The fourth-order valence-electron chi connectivity index (χ4n) is 3.32. The minimum atomic E-state index is -0.0109. The van der Waals surface area contributed by atoms with E-state index >= 15 is 0 Å². The third-order valence-corrected chi connectivity index (χ3v) is 6.78. The predicted molar refractivity (Wildman–Crippen MR) is 112 cm³/mol. The molecule has 3 aromatic heterocycles. The van der Waals surface area contributed by atoms with E-state index in [0.717, 1.165) is 28.7 Å². The summed E-state index contributed by atoms with van der Waals surface area (Å²) in [5, 5.41) is 12.6. The quantitative estimate of drug-likeness (QED) is 0.453. The van der Waals surface area contributed by atoms with Crippen molar-refractivity contribution in [2.75, 3.05) is 0 Å². The van der Waals surface area contributed by atoms with Gasteiger partial charge in [0.05, 0.1) is 16.7 Å². The molecule has 0 bridgehead atoms. The molecule has 6 nitrogen and oxygen atoms in total. The lowest BCUT2D eigenvalue weighted by molar-refractivity contribution is 0.634. The van der Waals surface area contributed by atoms with E-state index < -0.39 is 0 Å². The molecule has 0 N–H and O–H groups in total. The van der Waals surface area contributed by atoms with Gasteiger partial charge in [0, 0.05) is 24.4 Å². The van der Waals surface area contributed by atoms with Gasteiger partial charge in [-0.2, -0.15) is 0 Å². The summed E-state index contributed by atoms with van der Waals surface area (Å²) < 4.78 is 3.92. The van der Waals surface area contributed by atoms with Crippen LogP contribution in [0.5, 0.6) is 0 Å². The van der Waals surface area contributed by atoms with Gasteiger partial charge >= 0.3 is 0 Å². The van der Waals surface area contributed by atoms with E-state index in [1.807, 2.05) is 24.3 Å². The van der Waals surface area contributed by atoms with Crippen LogP contribution in [0, 0.1) is 0 Å². The molecule has 3 heterocycles. The summed E-state index contributed by atoms with van der Waals surface area (Å²) in [6.45, 7) is 0. The molecule has 1 fully saturated rings. The molecule has 142 valence electrons. The minimum absolute atomic E-state index is 0.0109. The van der Waals surface area contributed by atoms with Crippen LogP contribution in [0.3, 0.4) is 0 Å². The van der Waals surface area contributed by atoms with Crippen molar-refractivity contribution in [3.8, 4) is 0 Å². The van der Waals surface area contributed by atoms with Crippen LogP contribution in [-0.4, -0.2) is 24.3 Å². The Morgan fingerprint density at radius 3 is 2.79 bits per heavy atom. The van der Waals surface area contributed by atoms with Crippen LogP contribution in [0.1, 0.15) is 35.4 Å². The molecule has 8 heteroatoms. The van der Waals surface area contributed by atoms with Gasteiger partial charge in [0.25, 0.3) is 5.56 Å². The molecule has 4 aromatic rings. The lowest BCUT2D eigenvalue weighted by atomic mass is 10.2. The number of aromatic nitrogens is 5. The first-order chi connectivity index (χ1) is 13.7. The van der Waals surface area contributed by atoms with Gasteiger partial charge in [-0.05, 0) is 36.4 Å². The normalized spacial score (nSPS) is 14.0. The van der Waals surface area contributed by atoms with Crippen molar-refractivity contribution in [3.05, 3.63) is 68.7 Å². The van der Waals surface area contributed by atoms with Crippen molar-refractivity contribution in [3.63, 3.8) is 0 Å². The van der Waals surface area contributed by atoms with E-state index in [4.69, 9.17) is 4.98 Å². The maximum atomic E-state index is 12.6. The van der Waals surface area contributed by atoms with Gasteiger partial charge in [0.1, 0.15) is 11.6 Å². The monoisotopic (exact) mass is 409 g/mol. The second kappa shape index (κ2) is 7.18. The largest absolute Gasteiger partial charge is 0.303 e. The maximum Gasteiger partial charge on any atom is 0.261 e. The molecule has 0 unspecified atom stereocenters. The molecular weight excluding hydrogens is 390 g/mol. The first kappa shape index (κ1) is 17.6.